The Kier molecular flexibility index (Phi) is 9.07. The van der Waals surface area contributed by atoms with Gasteiger partial charge in [-0.2, -0.15) is 19.6 Å². The Morgan fingerprint density at radius 2 is 1.24 bits per heavy atom. The topological polar surface area (TPSA) is 200 Å². The Bertz CT molecular complexity index is 2510. The van der Waals surface area contributed by atoms with Crippen LogP contribution >= 0.6 is 0 Å². The largest absolute Gasteiger partial charge is 0.508 e. The third-order valence-electron chi connectivity index (χ3n) is 8.39. The van der Waals surface area contributed by atoms with Gasteiger partial charge in [-0.15, -0.1) is 0 Å². The maximum atomic E-state index is 12.0. The fourth-order valence-corrected chi connectivity index (χ4v) is 6.84. The molecule has 6 aromatic rings. The van der Waals surface area contributed by atoms with Gasteiger partial charge in [0.15, 0.2) is 31.3 Å². The monoisotopic (exact) mass is 730 g/mol. The second-order valence-electron chi connectivity index (χ2n) is 12.0. The van der Waals surface area contributed by atoms with Gasteiger partial charge in [-0.1, -0.05) is 12.1 Å². The predicted octanol–water partition coefficient (Wildman–Crippen LogP) is 4.52. The number of aromatic nitrogens is 6. The van der Waals surface area contributed by atoms with Gasteiger partial charge in [-0.3, -0.25) is 0 Å². The van der Waals surface area contributed by atoms with Crippen molar-refractivity contribution in [2.24, 2.45) is 0 Å². The first kappa shape index (κ1) is 35.1. The lowest BCUT2D eigenvalue weighted by molar-refractivity contribution is 0.409. The van der Waals surface area contributed by atoms with Crippen LogP contribution in [0.1, 0.15) is 22.5 Å². The molecule has 2 aromatic carbocycles. The summed E-state index contributed by atoms with van der Waals surface area (Å²) in [5.41, 5.74) is 4.43. The molecular formula is C35H34N6O8S2. The molecule has 0 atom stereocenters. The summed E-state index contributed by atoms with van der Waals surface area (Å²) in [6.07, 6.45) is 5.25. The van der Waals surface area contributed by atoms with Crippen molar-refractivity contribution in [1.29, 1.82) is 0 Å². The highest BCUT2D eigenvalue weighted by Gasteiger charge is 2.24. The van der Waals surface area contributed by atoms with Crippen molar-refractivity contribution in [3.8, 4) is 57.1 Å². The number of ether oxygens (including phenoxy) is 1. The van der Waals surface area contributed by atoms with Crippen LogP contribution in [-0.4, -0.2) is 81.3 Å². The highest BCUT2D eigenvalue weighted by Crippen LogP contribution is 2.39. The van der Waals surface area contributed by atoms with Crippen LogP contribution in [0.4, 0.5) is 0 Å². The van der Waals surface area contributed by atoms with Crippen LogP contribution in [0.3, 0.4) is 0 Å². The van der Waals surface area contributed by atoms with Crippen LogP contribution in [0.25, 0.3) is 33.9 Å². The third kappa shape index (κ3) is 6.87. The van der Waals surface area contributed by atoms with Gasteiger partial charge in [0.05, 0.1) is 39.4 Å². The van der Waals surface area contributed by atoms with E-state index in [2.05, 4.69) is 15.1 Å². The summed E-state index contributed by atoms with van der Waals surface area (Å²) < 4.78 is 55.9. The number of hydrogen-bond donors (Lipinski definition) is 3. The summed E-state index contributed by atoms with van der Waals surface area (Å²) in [6, 6.07) is 16.0. The molecule has 0 aliphatic carbocycles. The average Bonchev–Trinajstić information content (AvgIpc) is 3.58. The van der Waals surface area contributed by atoms with E-state index in [1.54, 1.807) is 45.2 Å². The second-order valence-corrected chi connectivity index (χ2v) is 16.1. The molecular weight excluding hydrogens is 697 g/mol. The van der Waals surface area contributed by atoms with E-state index in [0.717, 1.165) is 18.1 Å². The van der Waals surface area contributed by atoms with E-state index in [1.807, 2.05) is 6.07 Å². The van der Waals surface area contributed by atoms with E-state index < -0.39 is 19.7 Å². The molecule has 0 amide bonds. The van der Waals surface area contributed by atoms with E-state index in [4.69, 9.17) is 9.84 Å². The highest BCUT2D eigenvalue weighted by molar-refractivity contribution is 7.91. The smallest absolute Gasteiger partial charge is 0.224 e. The van der Waals surface area contributed by atoms with Crippen molar-refractivity contribution in [3.63, 3.8) is 0 Å². The molecule has 0 saturated heterocycles. The van der Waals surface area contributed by atoms with Crippen LogP contribution in [0, 0.1) is 13.8 Å². The lowest BCUT2D eigenvalue weighted by atomic mass is 9.97. The van der Waals surface area contributed by atoms with Crippen molar-refractivity contribution in [2.75, 3.05) is 19.6 Å². The minimum atomic E-state index is -3.50. The predicted molar refractivity (Wildman–Crippen MR) is 188 cm³/mol. The molecule has 16 heteroatoms. The first-order valence-corrected chi connectivity index (χ1v) is 19.2. The molecule has 0 saturated carbocycles. The minimum Gasteiger partial charge on any atom is -0.508 e. The number of aromatic hydroxyl groups is 3. The van der Waals surface area contributed by atoms with Gasteiger partial charge in [0, 0.05) is 24.9 Å². The fraction of sp³-hybridized carbons (Fsp3) is 0.200. The number of phenols is 1. The quantitative estimate of drug-likeness (QED) is 0.178. The Balaban J connectivity index is 1.38. The summed E-state index contributed by atoms with van der Waals surface area (Å²) in [7, 11) is -5.41. The Morgan fingerprint density at radius 1 is 0.686 bits per heavy atom. The Hall–Kier alpha value is -5.74. The summed E-state index contributed by atoms with van der Waals surface area (Å²) in [5.74, 6) is 0.690. The highest BCUT2D eigenvalue weighted by atomic mass is 32.2. The van der Waals surface area contributed by atoms with Gasteiger partial charge in [0.2, 0.25) is 11.8 Å². The average molecular weight is 731 g/mol. The van der Waals surface area contributed by atoms with Crippen LogP contribution in [0.5, 0.6) is 23.3 Å². The molecule has 0 spiro atoms. The maximum absolute atomic E-state index is 12.0. The van der Waals surface area contributed by atoms with Gasteiger partial charge in [0.1, 0.15) is 11.5 Å². The van der Waals surface area contributed by atoms with Crippen LogP contribution in [0.2, 0.25) is 0 Å². The number of phenolic OH excluding ortho intramolecular Hbond substituents is 1. The van der Waals surface area contributed by atoms with E-state index in [1.165, 1.54) is 52.1 Å². The zero-order valence-corrected chi connectivity index (χ0v) is 29.9. The van der Waals surface area contributed by atoms with Gasteiger partial charge in [-0.05, 0) is 97.5 Å². The lowest BCUT2D eigenvalue weighted by Crippen LogP contribution is -2.03. The standard InChI is InChI=1S/C35H34N6O8S2/c1-20-16-23(7-12-28(20)42)33-27(39-41(35(33)44)31-15-10-26(19-37-31)51(5,47)48)11-6-22-17-24(8-13-29(22)49-3)32-21(2)38-40(34(32)43)30-14-9-25(18-36-30)50(4,45)46/h7-10,12-19,42-44H,6,11H2,1-5H3. The third-order valence-corrected chi connectivity index (χ3v) is 10.6. The van der Waals surface area contributed by atoms with Gasteiger partial charge in [-0.25, -0.2) is 26.8 Å². The SMILES string of the molecule is COc1ccc(-c2c(C)nn(-c3ccc(S(C)(=O)=O)cn3)c2O)cc1CCc1nn(-c2ccc(S(C)(=O)=O)cn2)c(O)c1-c1ccc(O)c(C)c1. The molecule has 6 rings (SSSR count). The van der Waals surface area contributed by atoms with E-state index in [0.29, 0.717) is 57.8 Å². The first-order valence-electron chi connectivity index (χ1n) is 15.5. The molecule has 4 heterocycles. The number of nitrogens with zero attached hydrogens (tertiary/aromatic N) is 6. The summed E-state index contributed by atoms with van der Waals surface area (Å²) in [6.45, 7) is 3.47. The zero-order chi connectivity index (χ0) is 36.8. The molecule has 0 unspecified atom stereocenters. The number of hydrogen-bond acceptors (Lipinski definition) is 12. The number of sulfone groups is 2. The van der Waals surface area contributed by atoms with Crippen LogP contribution in [-0.2, 0) is 32.5 Å². The molecule has 0 aliphatic rings. The fourth-order valence-electron chi connectivity index (χ4n) is 5.72. The molecule has 3 N–H and O–H groups in total. The van der Waals surface area contributed by atoms with Crippen molar-refractivity contribution in [3.05, 3.63) is 95.6 Å². The van der Waals surface area contributed by atoms with E-state index in [9.17, 15) is 32.2 Å². The van der Waals surface area contributed by atoms with Gasteiger partial charge in [0.25, 0.3) is 0 Å². The molecule has 264 valence electrons. The lowest BCUT2D eigenvalue weighted by Gasteiger charge is -2.12. The number of pyridine rings is 2. The van der Waals surface area contributed by atoms with Crippen LogP contribution in [0.15, 0.2) is 82.8 Å². The van der Waals surface area contributed by atoms with Crippen molar-refractivity contribution >= 4 is 19.7 Å². The zero-order valence-electron chi connectivity index (χ0n) is 28.2. The van der Waals surface area contributed by atoms with Gasteiger partial charge >= 0.3 is 0 Å². The Labute approximate surface area is 294 Å². The summed E-state index contributed by atoms with van der Waals surface area (Å²) in [4.78, 5) is 8.49. The van der Waals surface area contributed by atoms with Crippen molar-refractivity contribution in [1.82, 2.24) is 29.5 Å². The summed E-state index contributed by atoms with van der Waals surface area (Å²) >= 11 is 0. The molecule has 0 bridgehead atoms. The van der Waals surface area contributed by atoms with Gasteiger partial charge < -0.3 is 20.1 Å². The minimum absolute atomic E-state index is 0.0208. The molecule has 0 radical (unpaired) electrons. The first-order chi connectivity index (χ1) is 24.1. The number of rotatable bonds is 10. The van der Waals surface area contributed by atoms with E-state index >= 15 is 0 Å². The second kappa shape index (κ2) is 13.2. The van der Waals surface area contributed by atoms with Crippen molar-refractivity contribution in [2.45, 2.75) is 36.5 Å². The van der Waals surface area contributed by atoms with Crippen molar-refractivity contribution < 1.29 is 36.9 Å². The molecule has 4 aromatic heterocycles. The normalized spacial score (nSPS) is 11.9. The number of aryl methyl sites for hydroxylation is 4. The van der Waals surface area contributed by atoms with Crippen LogP contribution < -0.4 is 4.74 Å². The molecule has 14 nitrogen and oxygen atoms in total. The molecule has 0 aliphatic heterocycles. The maximum Gasteiger partial charge on any atom is 0.224 e. The Morgan fingerprint density at radius 3 is 1.76 bits per heavy atom. The van der Waals surface area contributed by atoms with E-state index in [-0.39, 0.29) is 38.9 Å². The molecule has 51 heavy (non-hydrogen) atoms. The summed E-state index contributed by atoms with van der Waals surface area (Å²) in [5, 5.41) is 42.1. The molecule has 0 fully saturated rings. The number of benzene rings is 2. The number of methoxy groups -OCH3 is 1.